The van der Waals surface area contributed by atoms with Crippen molar-refractivity contribution < 1.29 is 22.7 Å². The first-order valence-corrected chi connectivity index (χ1v) is 8.56. The maximum absolute atomic E-state index is 13.0. The summed E-state index contributed by atoms with van der Waals surface area (Å²) in [6.45, 7) is 1.80. The van der Waals surface area contributed by atoms with Crippen molar-refractivity contribution in [2.45, 2.75) is 30.7 Å². The van der Waals surface area contributed by atoms with Crippen LogP contribution in [0, 0.1) is 5.92 Å². The highest BCUT2D eigenvalue weighted by molar-refractivity contribution is 7.89. The molecule has 1 aromatic carbocycles. The largest absolute Gasteiger partial charge is 0.481 e. The van der Waals surface area contributed by atoms with E-state index in [2.05, 4.69) is 0 Å². The number of carboxylic acid groups (broad SMARTS) is 1. The van der Waals surface area contributed by atoms with Gasteiger partial charge in [0.25, 0.3) is 0 Å². The fourth-order valence-corrected chi connectivity index (χ4v) is 4.77. The van der Waals surface area contributed by atoms with Crippen LogP contribution in [0.1, 0.15) is 19.8 Å². The molecule has 1 N–H and O–H groups in total. The number of carboxylic acids is 1. The van der Waals surface area contributed by atoms with Crippen molar-refractivity contribution in [1.82, 2.24) is 4.31 Å². The van der Waals surface area contributed by atoms with Crippen LogP contribution in [0.3, 0.4) is 0 Å². The van der Waals surface area contributed by atoms with Crippen LogP contribution < -0.4 is 0 Å². The molecule has 22 heavy (non-hydrogen) atoms. The van der Waals surface area contributed by atoms with E-state index in [0.717, 1.165) is 0 Å². The first kappa shape index (κ1) is 15.1. The Balaban J connectivity index is 2.05. The van der Waals surface area contributed by atoms with Crippen molar-refractivity contribution in [3.8, 4) is 0 Å². The maximum atomic E-state index is 13.0. The lowest BCUT2D eigenvalue weighted by Gasteiger charge is -2.35. The Morgan fingerprint density at radius 1 is 1.32 bits per heavy atom. The first-order chi connectivity index (χ1) is 10.4. The van der Waals surface area contributed by atoms with E-state index in [1.54, 1.807) is 25.1 Å². The van der Waals surface area contributed by atoms with Gasteiger partial charge in [0.2, 0.25) is 10.0 Å². The number of hydrogen-bond donors (Lipinski definition) is 1. The zero-order chi connectivity index (χ0) is 15.9. The van der Waals surface area contributed by atoms with Crippen LogP contribution >= 0.6 is 0 Å². The Morgan fingerprint density at radius 3 is 2.82 bits per heavy atom. The number of furan rings is 1. The number of carbonyl (C=O) groups is 1. The lowest BCUT2D eigenvalue weighted by atomic mass is 9.96. The molecule has 2 atom stereocenters. The molecule has 0 bridgehead atoms. The number of aliphatic carboxylic acids is 1. The number of hydrogen-bond acceptors (Lipinski definition) is 4. The second kappa shape index (κ2) is 5.40. The minimum absolute atomic E-state index is 0.00404. The molecule has 2 aromatic rings. The molecule has 2 unspecified atom stereocenters. The molecule has 0 amide bonds. The van der Waals surface area contributed by atoms with Crippen LogP contribution in [-0.2, 0) is 14.8 Å². The third-order valence-electron chi connectivity index (χ3n) is 4.20. The topological polar surface area (TPSA) is 87.8 Å². The zero-order valence-electron chi connectivity index (χ0n) is 12.1. The number of benzene rings is 1. The standard InChI is InChI=1S/C15H17NO5S/c1-10-5-6-12(15(17)18)9-16(10)22(19,20)13-4-2-3-11-7-8-21-14(11)13/h2-4,7-8,10,12H,5-6,9H2,1H3,(H,17,18). The first-order valence-electron chi connectivity index (χ1n) is 7.12. The normalized spacial score (nSPS) is 23.7. The van der Waals surface area contributed by atoms with E-state index in [4.69, 9.17) is 4.42 Å². The lowest BCUT2D eigenvalue weighted by Crippen LogP contribution is -2.47. The highest BCUT2D eigenvalue weighted by Crippen LogP contribution is 2.32. The van der Waals surface area contributed by atoms with Gasteiger partial charge in [-0.05, 0) is 31.9 Å². The number of piperidine rings is 1. The van der Waals surface area contributed by atoms with Crippen molar-refractivity contribution in [3.05, 3.63) is 30.5 Å². The van der Waals surface area contributed by atoms with Gasteiger partial charge >= 0.3 is 5.97 Å². The Hall–Kier alpha value is -1.86. The number of para-hydroxylation sites is 1. The Bertz CT molecular complexity index is 810. The van der Waals surface area contributed by atoms with Gasteiger partial charge in [-0.25, -0.2) is 8.42 Å². The fourth-order valence-electron chi connectivity index (χ4n) is 2.91. The smallest absolute Gasteiger partial charge is 0.307 e. The molecule has 6 nitrogen and oxygen atoms in total. The highest BCUT2D eigenvalue weighted by Gasteiger charge is 2.38. The van der Waals surface area contributed by atoms with Gasteiger partial charge in [-0.3, -0.25) is 4.79 Å². The molecule has 0 radical (unpaired) electrons. The van der Waals surface area contributed by atoms with Crippen LogP contribution in [0.5, 0.6) is 0 Å². The SMILES string of the molecule is CC1CCC(C(=O)O)CN1S(=O)(=O)c1cccc2ccoc12. The van der Waals surface area contributed by atoms with E-state index in [1.807, 2.05) is 0 Å². The summed E-state index contributed by atoms with van der Waals surface area (Å²) in [5.74, 6) is -1.62. The molecule has 7 heteroatoms. The van der Waals surface area contributed by atoms with Gasteiger partial charge in [-0.2, -0.15) is 4.31 Å². The molecule has 0 saturated carbocycles. The minimum Gasteiger partial charge on any atom is -0.481 e. The summed E-state index contributed by atoms with van der Waals surface area (Å²) in [6.07, 6.45) is 2.47. The van der Waals surface area contributed by atoms with E-state index in [9.17, 15) is 18.3 Å². The number of nitrogens with zero attached hydrogens (tertiary/aromatic N) is 1. The van der Waals surface area contributed by atoms with E-state index in [0.29, 0.717) is 23.8 Å². The summed E-state index contributed by atoms with van der Waals surface area (Å²) in [6, 6.07) is 6.41. The van der Waals surface area contributed by atoms with Gasteiger partial charge in [0.15, 0.2) is 5.58 Å². The van der Waals surface area contributed by atoms with Gasteiger partial charge in [0.1, 0.15) is 4.90 Å². The van der Waals surface area contributed by atoms with Crippen molar-refractivity contribution in [2.75, 3.05) is 6.54 Å². The third kappa shape index (κ3) is 2.40. The van der Waals surface area contributed by atoms with E-state index in [1.165, 1.54) is 16.6 Å². The molecule has 0 aliphatic carbocycles. The second-order valence-corrected chi connectivity index (χ2v) is 7.49. The van der Waals surface area contributed by atoms with E-state index < -0.39 is 21.9 Å². The number of fused-ring (bicyclic) bond motifs is 1. The van der Waals surface area contributed by atoms with Crippen LogP contribution in [0.15, 0.2) is 39.8 Å². The molecule has 2 heterocycles. The molecule has 0 spiro atoms. The number of sulfonamides is 1. The van der Waals surface area contributed by atoms with Crippen LogP contribution in [0.25, 0.3) is 11.0 Å². The molecule has 1 aliphatic heterocycles. The monoisotopic (exact) mass is 323 g/mol. The van der Waals surface area contributed by atoms with Crippen LogP contribution in [0.4, 0.5) is 0 Å². The third-order valence-corrected chi connectivity index (χ3v) is 6.21. The molecule has 1 fully saturated rings. The summed E-state index contributed by atoms with van der Waals surface area (Å²) in [7, 11) is -3.80. The molecular formula is C15H17NO5S. The van der Waals surface area contributed by atoms with Crippen LogP contribution in [-0.4, -0.2) is 36.4 Å². The lowest BCUT2D eigenvalue weighted by molar-refractivity contribution is -0.143. The molecule has 118 valence electrons. The minimum atomic E-state index is -3.80. The Labute approximate surface area is 128 Å². The second-order valence-electron chi connectivity index (χ2n) is 5.63. The van der Waals surface area contributed by atoms with Crippen molar-refractivity contribution in [3.63, 3.8) is 0 Å². The van der Waals surface area contributed by atoms with E-state index in [-0.39, 0.29) is 17.5 Å². The number of rotatable bonds is 3. The van der Waals surface area contributed by atoms with E-state index >= 15 is 0 Å². The predicted molar refractivity (Wildman–Crippen MR) is 79.9 cm³/mol. The predicted octanol–water partition coefficient (Wildman–Crippen LogP) is 2.31. The summed E-state index contributed by atoms with van der Waals surface area (Å²) < 4.78 is 32.5. The average Bonchev–Trinajstić information content (AvgIpc) is 2.95. The summed E-state index contributed by atoms with van der Waals surface area (Å²) >= 11 is 0. The quantitative estimate of drug-likeness (QED) is 0.936. The molecule has 3 rings (SSSR count). The van der Waals surface area contributed by atoms with Gasteiger partial charge in [0, 0.05) is 18.0 Å². The summed E-state index contributed by atoms with van der Waals surface area (Å²) in [5, 5.41) is 9.89. The summed E-state index contributed by atoms with van der Waals surface area (Å²) in [4.78, 5) is 11.3. The van der Waals surface area contributed by atoms with Gasteiger partial charge in [-0.15, -0.1) is 0 Å². The molecule has 1 aliphatic rings. The Morgan fingerprint density at radius 2 is 2.09 bits per heavy atom. The van der Waals surface area contributed by atoms with Crippen molar-refractivity contribution in [1.29, 1.82) is 0 Å². The Kier molecular flexibility index (Phi) is 3.70. The van der Waals surface area contributed by atoms with Gasteiger partial charge in [0.05, 0.1) is 12.2 Å². The van der Waals surface area contributed by atoms with Crippen molar-refractivity contribution in [2.24, 2.45) is 5.92 Å². The maximum Gasteiger partial charge on any atom is 0.307 e. The molecular weight excluding hydrogens is 306 g/mol. The summed E-state index contributed by atoms with van der Waals surface area (Å²) in [5.41, 5.74) is 0.312. The highest BCUT2D eigenvalue weighted by atomic mass is 32.2. The molecule has 1 saturated heterocycles. The van der Waals surface area contributed by atoms with Gasteiger partial charge in [-0.1, -0.05) is 12.1 Å². The van der Waals surface area contributed by atoms with Crippen LogP contribution in [0.2, 0.25) is 0 Å². The molecule has 1 aromatic heterocycles. The fraction of sp³-hybridized carbons (Fsp3) is 0.400. The van der Waals surface area contributed by atoms with Crippen molar-refractivity contribution >= 4 is 27.0 Å². The zero-order valence-corrected chi connectivity index (χ0v) is 12.9. The van der Waals surface area contributed by atoms with Gasteiger partial charge < -0.3 is 9.52 Å². The average molecular weight is 323 g/mol.